The zero-order chi connectivity index (χ0) is 9.90. The largest absolute Gasteiger partial charge is 0.356 e. The van der Waals surface area contributed by atoms with Crippen LogP contribution < -0.4 is 11.1 Å². The summed E-state index contributed by atoms with van der Waals surface area (Å²) in [7, 11) is 0. The fourth-order valence-corrected chi connectivity index (χ4v) is 1.10. The Hall–Kier alpha value is -0.570. The lowest BCUT2D eigenvalue weighted by atomic mass is 10.00. The molecule has 0 atom stereocenters. The number of nitrogens with one attached hydrogen (secondary N) is 1. The van der Waals surface area contributed by atoms with Gasteiger partial charge in [-0.05, 0) is 39.0 Å². The van der Waals surface area contributed by atoms with Crippen molar-refractivity contribution in [1.29, 1.82) is 0 Å². The van der Waals surface area contributed by atoms with Crippen LogP contribution in [-0.2, 0) is 4.79 Å². The molecule has 0 spiro atoms. The van der Waals surface area contributed by atoms with Crippen LogP contribution in [0.15, 0.2) is 0 Å². The van der Waals surface area contributed by atoms with Crippen molar-refractivity contribution in [2.24, 2.45) is 11.7 Å². The van der Waals surface area contributed by atoms with Crippen molar-refractivity contribution in [1.82, 2.24) is 5.32 Å². The lowest BCUT2D eigenvalue weighted by Gasteiger charge is -2.17. The van der Waals surface area contributed by atoms with E-state index in [2.05, 4.69) is 5.32 Å². The zero-order valence-electron chi connectivity index (χ0n) is 8.60. The molecule has 0 aromatic rings. The smallest absolute Gasteiger partial charge is 0.220 e. The molecule has 1 aliphatic carbocycles. The van der Waals surface area contributed by atoms with Gasteiger partial charge in [0.05, 0.1) is 0 Å². The molecule has 1 fully saturated rings. The molecule has 0 radical (unpaired) electrons. The van der Waals surface area contributed by atoms with E-state index in [1.807, 2.05) is 13.8 Å². The van der Waals surface area contributed by atoms with Gasteiger partial charge in [0.25, 0.3) is 0 Å². The van der Waals surface area contributed by atoms with Crippen LogP contribution in [0.25, 0.3) is 0 Å². The Kier molecular flexibility index (Phi) is 3.31. The van der Waals surface area contributed by atoms with E-state index in [1.54, 1.807) is 0 Å². The Bertz CT molecular complexity index is 180. The summed E-state index contributed by atoms with van der Waals surface area (Å²) in [6, 6.07) is 0. The maximum Gasteiger partial charge on any atom is 0.220 e. The molecule has 76 valence electrons. The van der Waals surface area contributed by atoms with Crippen LogP contribution >= 0.6 is 0 Å². The molecule has 1 aliphatic rings. The fraction of sp³-hybridized carbons (Fsp3) is 0.900. The van der Waals surface area contributed by atoms with Crippen LogP contribution in [0, 0.1) is 5.92 Å². The molecule has 0 aromatic carbocycles. The fourth-order valence-electron chi connectivity index (χ4n) is 1.10. The number of amides is 1. The van der Waals surface area contributed by atoms with E-state index < -0.39 is 0 Å². The van der Waals surface area contributed by atoms with Gasteiger partial charge in [-0.2, -0.15) is 0 Å². The van der Waals surface area contributed by atoms with Crippen LogP contribution in [-0.4, -0.2) is 18.0 Å². The van der Waals surface area contributed by atoms with Gasteiger partial charge in [-0.15, -0.1) is 0 Å². The Morgan fingerprint density at radius 3 is 2.62 bits per heavy atom. The summed E-state index contributed by atoms with van der Waals surface area (Å²) >= 11 is 0. The second-order valence-electron chi connectivity index (χ2n) is 4.74. The van der Waals surface area contributed by atoms with E-state index in [1.165, 1.54) is 12.8 Å². The van der Waals surface area contributed by atoms with E-state index in [0.717, 1.165) is 18.9 Å². The molecule has 0 saturated heterocycles. The SMILES string of the molecule is CC(C)(N)CCC(=O)NCC1CC1. The highest BCUT2D eigenvalue weighted by Gasteiger charge is 2.21. The Balaban J connectivity index is 2.03. The van der Waals surface area contributed by atoms with Gasteiger partial charge < -0.3 is 11.1 Å². The first kappa shape index (κ1) is 10.5. The molecule has 0 heterocycles. The zero-order valence-corrected chi connectivity index (χ0v) is 8.60. The van der Waals surface area contributed by atoms with Crippen LogP contribution in [0.2, 0.25) is 0 Å². The third kappa shape index (κ3) is 5.64. The summed E-state index contributed by atoms with van der Waals surface area (Å²) in [4.78, 5) is 11.3. The molecule has 1 amide bonds. The molecule has 0 aliphatic heterocycles. The third-order valence-electron chi connectivity index (χ3n) is 2.28. The minimum atomic E-state index is -0.225. The minimum absolute atomic E-state index is 0.144. The molecular formula is C10H20N2O. The molecule has 3 heteroatoms. The number of carbonyl (C=O) groups is 1. The monoisotopic (exact) mass is 184 g/mol. The first-order valence-electron chi connectivity index (χ1n) is 5.03. The summed E-state index contributed by atoms with van der Waals surface area (Å²) in [6.45, 7) is 4.76. The van der Waals surface area contributed by atoms with Gasteiger partial charge in [0.1, 0.15) is 0 Å². The molecule has 0 unspecified atom stereocenters. The van der Waals surface area contributed by atoms with Crippen molar-refractivity contribution < 1.29 is 4.79 Å². The van der Waals surface area contributed by atoms with E-state index in [9.17, 15) is 4.79 Å². The maximum atomic E-state index is 11.3. The lowest BCUT2D eigenvalue weighted by Crippen LogP contribution is -2.34. The number of rotatable bonds is 5. The predicted molar refractivity (Wildman–Crippen MR) is 53.2 cm³/mol. The molecule has 13 heavy (non-hydrogen) atoms. The van der Waals surface area contributed by atoms with Crippen molar-refractivity contribution >= 4 is 5.91 Å². The summed E-state index contributed by atoms with van der Waals surface area (Å²) in [5.41, 5.74) is 5.55. The summed E-state index contributed by atoms with van der Waals surface area (Å²) in [6.07, 6.45) is 3.87. The Labute approximate surface area is 80.1 Å². The van der Waals surface area contributed by atoms with E-state index >= 15 is 0 Å². The van der Waals surface area contributed by atoms with Crippen molar-refractivity contribution in [2.75, 3.05) is 6.54 Å². The molecule has 1 saturated carbocycles. The summed E-state index contributed by atoms with van der Waals surface area (Å²) in [5, 5.41) is 2.92. The topological polar surface area (TPSA) is 55.1 Å². The maximum absolute atomic E-state index is 11.3. The second-order valence-corrected chi connectivity index (χ2v) is 4.74. The number of hydrogen-bond donors (Lipinski definition) is 2. The van der Waals surface area contributed by atoms with Crippen LogP contribution in [0.3, 0.4) is 0 Å². The van der Waals surface area contributed by atoms with E-state index in [0.29, 0.717) is 6.42 Å². The highest BCUT2D eigenvalue weighted by molar-refractivity contribution is 5.75. The normalized spacial score (nSPS) is 17.2. The molecule has 0 bridgehead atoms. The quantitative estimate of drug-likeness (QED) is 0.670. The highest BCUT2D eigenvalue weighted by Crippen LogP contribution is 2.27. The molecule has 0 aromatic heterocycles. The first-order chi connectivity index (χ1) is 5.97. The van der Waals surface area contributed by atoms with E-state index in [-0.39, 0.29) is 11.4 Å². The number of carbonyl (C=O) groups excluding carboxylic acids is 1. The summed E-state index contributed by atoms with van der Waals surface area (Å²) < 4.78 is 0. The van der Waals surface area contributed by atoms with Crippen molar-refractivity contribution in [3.63, 3.8) is 0 Å². The highest BCUT2D eigenvalue weighted by atomic mass is 16.1. The van der Waals surface area contributed by atoms with Crippen LogP contribution in [0.1, 0.15) is 39.5 Å². The molecule has 3 N–H and O–H groups in total. The van der Waals surface area contributed by atoms with Crippen molar-refractivity contribution in [3.8, 4) is 0 Å². The van der Waals surface area contributed by atoms with Gasteiger partial charge in [-0.1, -0.05) is 0 Å². The Morgan fingerprint density at radius 2 is 2.15 bits per heavy atom. The summed E-state index contributed by atoms with van der Waals surface area (Å²) in [5.74, 6) is 0.903. The van der Waals surface area contributed by atoms with Gasteiger partial charge in [0.15, 0.2) is 0 Å². The van der Waals surface area contributed by atoms with Crippen LogP contribution in [0.4, 0.5) is 0 Å². The average molecular weight is 184 g/mol. The van der Waals surface area contributed by atoms with Crippen molar-refractivity contribution in [3.05, 3.63) is 0 Å². The van der Waals surface area contributed by atoms with Gasteiger partial charge in [-0.3, -0.25) is 4.79 Å². The van der Waals surface area contributed by atoms with Crippen molar-refractivity contribution in [2.45, 2.75) is 45.1 Å². The number of nitrogens with two attached hydrogens (primary N) is 1. The van der Waals surface area contributed by atoms with Gasteiger partial charge in [0.2, 0.25) is 5.91 Å². The predicted octanol–water partition coefficient (Wildman–Crippen LogP) is 1.03. The number of hydrogen-bond acceptors (Lipinski definition) is 2. The third-order valence-corrected chi connectivity index (χ3v) is 2.28. The molecule has 1 rings (SSSR count). The first-order valence-corrected chi connectivity index (χ1v) is 5.03. The molecular weight excluding hydrogens is 164 g/mol. The lowest BCUT2D eigenvalue weighted by molar-refractivity contribution is -0.121. The van der Waals surface area contributed by atoms with E-state index in [4.69, 9.17) is 5.73 Å². The van der Waals surface area contributed by atoms with Gasteiger partial charge in [0, 0.05) is 18.5 Å². The van der Waals surface area contributed by atoms with Gasteiger partial charge in [-0.25, -0.2) is 0 Å². The average Bonchev–Trinajstić information content (AvgIpc) is 2.78. The standard InChI is InChI=1S/C10H20N2O/c1-10(2,11)6-5-9(13)12-7-8-3-4-8/h8H,3-7,11H2,1-2H3,(H,12,13). The van der Waals surface area contributed by atoms with Crippen LogP contribution in [0.5, 0.6) is 0 Å². The Morgan fingerprint density at radius 1 is 1.54 bits per heavy atom. The molecule has 3 nitrogen and oxygen atoms in total. The van der Waals surface area contributed by atoms with Gasteiger partial charge >= 0.3 is 0 Å². The second kappa shape index (κ2) is 4.09. The minimum Gasteiger partial charge on any atom is -0.356 e.